The number of rotatable bonds is 4. The Hall–Kier alpha value is -0.810. The van der Waals surface area contributed by atoms with Crippen LogP contribution in [0.15, 0.2) is 23.8 Å². The van der Waals surface area contributed by atoms with Crippen LogP contribution in [-0.2, 0) is 14.9 Å². The first-order chi connectivity index (χ1) is 4.92. The van der Waals surface area contributed by atoms with Crippen molar-refractivity contribution >= 4 is 10.1 Å². The van der Waals surface area contributed by atoms with Crippen LogP contribution < -0.4 is 0 Å². The Morgan fingerprint density at radius 3 is 2.64 bits per heavy atom. The van der Waals surface area contributed by atoms with Gasteiger partial charge in [-0.25, -0.2) is 0 Å². The topological polar surface area (TPSA) is 63.6 Å². The van der Waals surface area contributed by atoms with Crippen molar-refractivity contribution in [2.24, 2.45) is 0 Å². The zero-order chi connectivity index (χ0) is 8.91. The summed E-state index contributed by atoms with van der Waals surface area (Å²) in [7, 11) is -4.06. The van der Waals surface area contributed by atoms with Crippen molar-refractivity contribution in [1.29, 1.82) is 0 Å². The quantitative estimate of drug-likeness (QED) is 0.395. The molecule has 0 bridgehead atoms. The van der Waals surface area contributed by atoms with E-state index in [1.165, 1.54) is 0 Å². The third-order valence-electron chi connectivity index (χ3n) is 0.653. The van der Waals surface area contributed by atoms with Gasteiger partial charge in [-0.1, -0.05) is 6.58 Å². The minimum absolute atomic E-state index is 0.242. The second kappa shape index (κ2) is 4.15. The SMILES string of the molecule is C=C(C)COC=CS(=O)(=O)O. The van der Waals surface area contributed by atoms with Crippen LogP contribution in [0.3, 0.4) is 0 Å². The maximum Gasteiger partial charge on any atom is 0.290 e. The molecular formula is C6H10O4S. The molecule has 0 spiro atoms. The van der Waals surface area contributed by atoms with Crippen molar-refractivity contribution in [3.63, 3.8) is 0 Å². The van der Waals surface area contributed by atoms with Gasteiger partial charge in [0.25, 0.3) is 10.1 Å². The largest absolute Gasteiger partial charge is 0.496 e. The molecule has 0 amide bonds. The highest BCUT2D eigenvalue weighted by Gasteiger charge is 1.93. The fraction of sp³-hybridized carbons (Fsp3) is 0.333. The van der Waals surface area contributed by atoms with Gasteiger partial charge in [0.05, 0.1) is 11.7 Å². The number of hydrogen-bond acceptors (Lipinski definition) is 3. The lowest BCUT2D eigenvalue weighted by atomic mass is 10.4. The van der Waals surface area contributed by atoms with Crippen LogP contribution in [0.4, 0.5) is 0 Å². The highest BCUT2D eigenvalue weighted by molar-refractivity contribution is 7.88. The van der Waals surface area contributed by atoms with Gasteiger partial charge in [0.15, 0.2) is 0 Å². The summed E-state index contributed by atoms with van der Waals surface area (Å²) < 4.78 is 32.9. The first-order valence-electron chi connectivity index (χ1n) is 2.82. The first kappa shape index (κ1) is 10.2. The molecule has 0 aromatic carbocycles. The fourth-order valence-electron chi connectivity index (χ4n) is 0.300. The molecule has 0 aliphatic carbocycles. The van der Waals surface area contributed by atoms with Crippen LogP contribution in [0.5, 0.6) is 0 Å². The van der Waals surface area contributed by atoms with Crippen molar-refractivity contribution in [3.8, 4) is 0 Å². The molecule has 11 heavy (non-hydrogen) atoms. The van der Waals surface area contributed by atoms with E-state index in [1.54, 1.807) is 6.92 Å². The van der Waals surface area contributed by atoms with E-state index in [4.69, 9.17) is 4.55 Å². The van der Waals surface area contributed by atoms with Crippen molar-refractivity contribution in [2.75, 3.05) is 6.61 Å². The van der Waals surface area contributed by atoms with Gasteiger partial charge in [-0.3, -0.25) is 4.55 Å². The van der Waals surface area contributed by atoms with E-state index >= 15 is 0 Å². The summed E-state index contributed by atoms with van der Waals surface area (Å²) >= 11 is 0. The van der Waals surface area contributed by atoms with Gasteiger partial charge in [-0.2, -0.15) is 8.42 Å². The molecule has 0 radical (unpaired) electrons. The van der Waals surface area contributed by atoms with Crippen LogP contribution in [0.2, 0.25) is 0 Å². The van der Waals surface area contributed by atoms with Crippen LogP contribution in [-0.4, -0.2) is 19.6 Å². The minimum atomic E-state index is -4.06. The summed E-state index contributed by atoms with van der Waals surface area (Å²) in [5, 5.41) is 0.565. The molecule has 0 saturated carbocycles. The highest BCUT2D eigenvalue weighted by Crippen LogP contribution is 1.90. The Balaban J connectivity index is 3.72. The summed E-state index contributed by atoms with van der Waals surface area (Å²) in [6, 6.07) is 0. The second-order valence-corrected chi connectivity index (χ2v) is 3.36. The van der Waals surface area contributed by atoms with Crippen LogP contribution in [0.25, 0.3) is 0 Å². The lowest BCUT2D eigenvalue weighted by Gasteiger charge is -1.96. The van der Waals surface area contributed by atoms with Gasteiger partial charge >= 0.3 is 0 Å². The summed E-state index contributed by atoms with van der Waals surface area (Å²) in [6.07, 6.45) is 0.907. The Morgan fingerprint density at radius 1 is 1.73 bits per heavy atom. The smallest absolute Gasteiger partial charge is 0.290 e. The summed E-state index contributed by atoms with van der Waals surface area (Å²) in [5.41, 5.74) is 0.769. The minimum Gasteiger partial charge on any atom is -0.496 e. The van der Waals surface area contributed by atoms with E-state index in [2.05, 4.69) is 11.3 Å². The zero-order valence-electron chi connectivity index (χ0n) is 6.15. The molecule has 0 aliphatic rings. The van der Waals surface area contributed by atoms with E-state index in [0.29, 0.717) is 5.41 Å². The van der Waals surface area contributed by atoms with Gasteiger partial charge in [-0.05, 0) is 12.5 Å². The lowest BCUT2D eigenvalue weighted by Crippen LogP contribution is -1.92. The average Bonchev–Trinajstić information content (AvgIpc) is 1.78. The highest BCUT2D eigenvalue weighted by atomic mass is 32.2. The number of hydrogen-bond donors (Lipinski definition) is 1. The monoisotopic (exact) mass is 178 g/mol. The molecule has 64 valence electrons. The predicted molar refractivity (Wildman–Crippen MR) is 41.5 cm³/mol. The molecule has 0 aromatic rings. The van der Waals surface area contributed by atoms with Crippen molar-refractivity contribution < 1.29 is 17.7 Å². The molecule has 0 heterocycles. The number of ether oxygens (including phenoxy) is 1. The fourth-order valence-corrected chi connectivity index (χ4v) is 0.519. The Kier molecular flexibility index (Phi) is 3.84. The molecule has 0 saturated heterocycles. The Morgan fingerprint density at radius 2 is 2.27 bits per heavy atom. The molecule has 5 heteroatoms. The van der Waals surface area contributed by atoms with Gasteiger partial charge in [0.2, 0.25) is 0 Å². The normalized spacial score (nSPS) is 11.8. The van der Waals surface area contributed by atoms with Gasteiger partial charge < -0.3 is 4.74 Å². The van der Waals surface area contributed by atoms with Gasteiger partial charge in [-0.15, -0.1) is 0 Å². The molecular weight excluding hydrogens is 168 g/mol. The maximum absolute atomic E-state index is 10.0. The van der Waals surface area contributed by atoms with E-state index in [9.17, 15) is 8.42 Å². The van der Waals surface area contributed by atoms with E-state index < -0.39 is 10.1 Å². The molecule has 4 nitrogen and oxygen atoms in total. The maximum atomic E-state index is 10.0. The van der Waals surface area contributed by atoms with Crippen LogP contribution in [0.1, 0.15) is 6.92 Å². The van der Waals surface area contributed by atoms with Gasteiger partial charge in [0.1, 0.15) is 6.61 Å². The molecule has 0 atom stereocenters. The third kappa shape index (κ3) is 9.19. The first-order valence-corrected chi connectivity index (χ1v) is 4.32. The average molecular weight is 178 g/mol. The zero-order valence-corrected chi connectivity index (χ0v) is 6.97. The lowest BCUT2D eigenvalue weighted by molar-refractivity contribution is 0.281. The van der Waals surface area contributed by atoms with Crippen molar-refractivity contribution in [1.82, 2.24) is 0 Å². The summed E-state index contributed by atoms with van der Waals surface area (Å²) in [4.78, 5) is 0. The molecule has 1 N–H and O–H groups in total. The molecule has 0 rings (SSSR count). The molecule has 0 aliphatic heterocycles. The van der Waals surface area contributed by atoms with Crippen molar-refractivity contribution in [3.05, 3.63) is 23.8 Å². The molecule has 0 fully saturated rings. The van der Waals surface area contributed by atoms with Crippen LogP contribution >= 0.6 is 0 Å². The third-order valence-corrected chi connectivity index (χ3v) is 1.11. The van der Waals surface area contributed by atoms with E-state index in [0.717, 1.165) is 11.8 Å². The van der Waals surface area contributed by atoms with Crippen molar-refractivity contribution in [2.45, 2.75) is 6.92 Å². The van der Waals surface area contributed by atoms with Crippen LogP contribution in [0, 0.1) is 0 Å². The summed E-state index contributed by atoms with van der Waals surface area (Å²) in [6.45, 7) is 5.50. The molecule has 0 aromatic heterocycles. The molecule has 0 unspecified atom stereocenters. The Labute approximate surface area is 65.9 Å². The van der Waals surface area contributed by atoms with E-state index in [-0.39, 0.29) is 6.61 Å². The summed E-state index contributed by atoms with van der Waals surface area (Å²) in [5.74, 6) is 0. The Bertz CT molecular complexity index is 250. The standard InChI is InChI=1S/C6H10O4S/c1-6(2)5-10-3-4-11(7,8)9/h3-4H,1,5H2,2H3,(H,7,8,9). The predicted octanol–water partition coefficient (Wildman–Crippen LogP) is 0.938. The second-order valence-electron chi connectivity index (χ2n) is 2.06. The van der Waals surface area contributed by atoms with E-state index in [1.807, 2.05) is 0 Å². The van der Waals surface area contributed by atoms with Gasteiger partial charge in [0, 0.05) is 0 Å².